The fourth-order valence-corrected chi connectivity index (χ4v) is 9.51. The van der Waals surface area contributed by atoms with Gasteiger partial charge in [-0.25, -0.2) is 22.8 Å². The van der Waals surface area contributed by atoms with Crippen LogP contribution in [0.4, 0.5) is 30.5 Å². The molecule has 1 aliphatic heterocycles. The van der Waals surface area contributed by atoms with Crippen molar-refractivity contribution in [3.63, 3.8) is 0 Å². The quantitative estimate of drug-likeness (QED) is 0.0314. The molecule has 19 nitrogen and oxygen atoms in total. The number of aliphatic hydroxyl groups excluding tert-OH is 1. The SMILES string of the molecule is Cc1ncsc1-c1ccc(CNC(=O)[C@@H]2C[C@@H](O)CN2C(=O)[C@@H](NC(=O)CCCCCOc2ccc(Nc3n[nH]c(-c4ccc(NS(=O)(=O)C(F)F)c(OCc5ccc(F)cc5)c4)c3C(N)=O)nc2)C(C)(C)C)cc1. The van der Waals surface area contributed by atoms with Crippen molar-refractivity contribution < 1.29 is 55.3 Å². The Labute approximate surface area is 434 Å². The van der Waals surface area contributed by atoms with Crippen LogP contribution in [0, 0.1) is 18.2 Å². The zero-order valence-electron chi connectivity index (χ0n) is 41.4. The smallest absolute Gasteiger partial charge is 0.355 e. The number of benzene rings is 3. The minimum atomic E-state index is -5.10. The molecule has 0 spiro atoms. The van der Waals surface area contributed by atoms with Gasteiger partial charge in [-0.15, -0.1) is 11.3 Å². The van der Waals surface area contributed by atoms with Crippen LogP contribution in [0.3, 0.4) is 0 Å². The number of anilines is 3. The first-order valence-electron chi connectivity index (χ1n) is 23.8. The van der Waals surface area contributed by atoms with E-state index >= 15 is 0 Å². The van der Waals surface area contributed by atoms with E-state index in [1.165, 1.54) is 47.5 Å². The van der Waals surface area contributed by atoms with Gasteiger partial charge in [-0.2, -0.15) is 13.9 Å². The number of amides is 4. The van der Waals surface area contributed by atoms with E-state index < -0.39 is 62.9 Å². The summed E-state index contributed by atoms with van der Waals surface area (Å²) in [7, 11) is -5.10. The number of likely N-dealkylation sites (tertiary alicyclic amines) is 1. The topological polar surface area (TPSA) is 273 Å². The molecule has 4 heterocycles. The van der Waals surface area contributed by atoms with E-state index in [-0.39, 0.29) is 78.3 Å². The predicted octanol–water partition coefficient (Wildman–Crippen LogP) is 7.18. The molecule has 6 aromatic rings. The number of nitrogens with zero attached hydrogens (tertiary/aromatic N) is 4. The number of rotatable bonds is 23. The second-order valence-electron chi connectivity index (χ2n) is 18.8. The molecule has 1 saturated heterocycles. The van der Waals surface area contributed by atoms with Crippen LogP contribution < -0.4 is 35.9 Å². The van der Waals surface area contributed by atoms with Crippen LogP contribution in [0.1, 0.15) is 80.1 Å². The number of carbonyl (C=O) groups excluding carboxylic acids is 4. The normalized spacial score (nSPS) is 15.1. The number of nitrogens with two attached hydrogens (primary N) is 1. The van der Waals surface area contributed by atoms with Crippen LogP contribution in [-0.4, -0.2) is 99.3 Å². The largest absolute Gasteiger partial charge is 0.492 e. The number of hydrogen-bond donors (Lipinski definition) is 7. The summed E-state index contributed by atoms with van der Waals surface area (Å²) in [6.45, 7) is 7.71. The Kier molecular flexibility index (Phi) is 17.8. The Bertz CT molecular complexity index is 3080. The number of hydrogen-bond acceptors (Lipinski definition) is 14. The molecule has 8 N–H and O–H groups in total. The molecule has 0 aliphatic carbocycles. The Hall–Kier alpha value is -7.57. The number of thiazole rings is 1. The summed E-state index contributed by atoms with van der Waals surface area (Å²) < 4.78 is 77.6. The molecule has 3 atom stereocenters. The van der Waals surface area contributed by atoms with Crippen molar-refractivity contribution in [3.05, 3.63) is 119 Å². The molecule has 0 unspecified atom stereocenters. The third-order valence-electron chi connectivity index (χ3n) is 12.1. The molecule has 3 aromatic heterocycles. The number of unbranched alkanes of at least 4 members (excludes halogenated alkanes) is 2. The van der Waals surface area contributed by atoms with E-state index in [0.29, 0.717) is 37.2 Å². The monoisotopic (exact) mass is 1070 g/mol. The number of ether oxygens (including phenoxy) is 2. The molecular formula is C51H57F3N10O9S2. The zero-order chi connectivity index (χ0) is 54.0. The predicted molar refractivity (Wildman–Crippen MR) is 275 cm³/mol. The van der Waals surface area contributed by atoms with Gasteiger partial charge in [0, 0.05) is 31.5 Å². The maximum absolute atomic E-state index is 14.0. The lowest BCUT2D eigenvalue weighted by Crippen LogP contribution is -2.57. The maximum atomic E-state index is 14.0. The van der Waals surface area contributed by atoms with Gasteiger partial charge < -0.3 is 41.2 Å². The van der Waals surface area contributed by atoms with Crippen LogP contribution in [0.5, 0.6) is 11.5 Å². The second-order valence-corrected chi connectivity index (χ2v) is 21.3. The fourth-order valence-electron chi connectivity index (χ4n) is 8.13. The van der Waals surface area contributed by atoms with Crippen molar-refractivity contribution in [2.24, 2.45) is 11.1 Å². The number of nitrogens with one attached hydrogen (secondary N) is 5. The summed E-state index contributed by atoms with van der Waals surface area (Å²) in [6.07, 6.45) is 2.46. The number of primary amides is 1. The number of aromatic nitrogens is 4. The number of carbonyl (C=O) groups is 4. The molecule has 0 saturated carbocycles. The molecule has 1 fully saturated rings. The van der Waals surface area contributed by atoms with Gasteiger partial charge in [-0.3, -0.25) is 29.0 Å². The van der Waals surface area contributed by atoms with Gasteiger partial charge in [0.25, 0.3) is 15.9 Å². The summed E-state index contributed by atoms with van der Waals surface area (Å²) in [5.41, 5.74) is 10.0. The molecule has 4 amide bonds. The maximum Gasteiger partial charge on any atom is 0.355 e. The first-order chi connectivity index (χ1) is 35.7. The molecule has 0 radical (unpaired) electrons. The molecule has 0 bridgehead atoms. The van der Waals surface area contributed by atoms with Crippen molar-refractivity contribution in [1.82, 2.24) is 35.7 Å². The number of β-amino-alcohol motifs (C(OH)–C–C–N with tert-alkyl or cyclic N) is 1. The highest BCUT2D eigenvalue weighted by molar-refractivity contribution is 7.93. The van der Waals surface area contributed by atoms with Gasteiger partial charge in [0.2, 0.25) is 17.7 Å². The van der Waals surface area contributed by atoms with Crippen LogP contribution in [0.2, 0.25) is 0 Å². The van der Waals surface area contributed by atoms with Gasteiger partial charge in [-0.05, 0) is 84.7 Å². The summed E-state index contributed by atoms with van der Waals surface area (Å²) in [5, 5.41) is 26.2. The van der Waals surface area contributed by atoms with Gasteiger partial charge in [0.05, 0.1) is 46.4 Å². The number of aromatic amines is 1. The Morgan fingerprint density at radius 1 is 0.947 bits per heavy atom. The van der Waals surface area contributed by atoms with E-state index in [9.17, 15) is 45.9 Å². The third-order valence-corrected chi connectivity index (χ3v) is 14.0. The van der Waals surface area contributed by atoms with Crippen LogP contribution in [0.15, 0.2) is 90.6 Å². The summed E-state index contributed by atoms with van der Waals surface area (Å²) in [6, 6.07) is 18.1. The van der Waals surface area contributed by atoms with Gasteiger partial charge in [0.1, 0.15) is 47.4 Å². The van der Waals surface area contributed by atoms with E-state index in [1.54, 1.807) is 33.7 Å². The summed E-state index contributed by atoms with van der Waals surface area (Å²) in [5.74, 6) is -5.86. The third kappa shape index (κ3) is 14.4. The van der Waals surface area contributed by atoms with E-state index in [1.807, 2.05) is 52.0 Å². The number of alkyl halides is 2. The van der Waals surface area contributed by atoms with Crippen molar-refractivity contribution >= 4 is 62.3 Å². The Morgan fingerprint density at radius 2 is 1.67 bits per heavy atom. The fraction of sp³-hybridized carbons (Fsp3) is 0.353. The van der Waals surface area contributed by atoms with Crippen molar-refractivity contribution in [2.45, 2.75) is 96.9 Å². The van der Waals surface area contributed by atoms with Crippen molar-refractivity contribution in [3.8, 4) is 33.2 Å². The lowest BCUT2D eigenvalue weighted by Gasteiger charge is -2.35. The summed E-state index contributed by atoms with van der Waals surface area (Å²) >= 11 is 1.55. The average molecular weight is 1080 g/mol. The number of aryl methyl sites for hydroxylation is 1. The highest BCUT2D eigenvalue weighted by Gasteiger charge is 2.44. The van der Waals surface area contributed by atoms with E-state index in [2.05, 4.69) is 36.1 Å². The minimum absolute atomic E-state index is 0.0179. The first kappa shape index (κ1) is 55.2. The van der Waals surface area contributed by atoms with E-state index in [0.717, 1.165) is 27.8 Å². The molecule has 398 valence electrons. The Balaban J connectivity index is 0.879. The lowest BCUT2D eigenvalue weighted by molar-refractivity contribution is -0.144. The standard InChI is InChI=1S/C51H57F3N10O9S2/c1-29-44(74-28-58-29)32-13-9-30(10-14-32)24-57-48(68)38-23-35(65)26-64(38)49(69)45(51(2,3)4)60-41(66)8-6-5-7-21-72-36-18-20-40(56-25-36)59-47-42(46(55)67)43(61-62-47)33-15-19-37(63-75(70,71)50(53)54)39(22-33)73-27-31-11-16-34(52)17-12-31/h9-20,22,25,28,35,38,45,50,63,65H,5-8,21,23-24,26-27H2,1-4H3,(H2,55,67)(H,57,68)(H,60,66)(H2,56,59,61,62)/t35-,38+,45-/m1/s1. The zero-order valence-corrected chi connectivity index (χ0v) is 43.0. The molecular weight excluding hydrogens is 1020 g/mol. The van der Waals surface area contributed by atoms with Crippen LogP contribution >= 0.6 is 11.3 Å². The van der Waals surface area contributed by atoms with Crippen LogP contribution in [0.25, 0.3) is 21.7 Å². The van der Waals surface area contributed by atoms with Gasteiger partial charge >= 0.3 is 5.76 Å². The first-order valence-corrected chi connectivity index (χ1v) is 26.2. The molecule has 3 aromatic carbocycles. The average Bonchev–Trinajstić information content (AvgIpc) is 4.12. The second kappa shape index (κ2) is 24.2. The van der Waals surface area contributed by atoms with E-state index in [4.69, 9.17) is 15.2 Å². The minimum Gasteiger partial charge on any atom is -0.492 e. The molecule has 1 aliphatic rings. The molecule has 24 heteroatoms. The summed E-state index contributed by atoms with van der Waals surface area (Å²) in [4.78, 5) is 64.6. The van der Waals surface area contributed by atoms with Gasteiger partial charge in [0.15, 0.2) is 5.82 Å². The number of sulfonamides is 1. The van der Waals surface area contributed by atoms with Crippen LogP contribution in [-0.2, 0) is 37.6 Å². The number of aliphatic hydroxyl groups is 1. The lowest BCUT2D eigenvalue weighted by atomic mass is 9.85. The number of H-pyrrole nitrogens is 1. The molecule has 75 heavy (non-hydrogen) atoms. The van der Waals surface area contributed by atoms with Crippen molar-refractivity contribution in [2.75, 3.05) is 23.2 Å². The molecule has 7 rings (SSSR count). The number of pyridine rings is 1. The van der Waals surface area contributed by atoms with Gasteiger partial charge in [-0.1, -0.05) is 63.2 Å². The Morgan fingerprint density at radius 3 is 2.32 bits per heavy atom. The highest BCUT2D eigenvalue weighted by atomic mass is 32.2. The van der Waals surface area contributed by atoms with Crippen molar-refractivity contribution in [1.29, 1.82) is 0 Å². The highest BCUT2D eigenvalue weighted by Crippen LogP contribution is 2.36. The number of halogens is 3.